The van der Waals surface area contributed by atoms with Crippen molar-refractivity contribution in [2.24, 2.45) is 0 Å². The van der Waals surface area contributed by atoms with E-state index in [1.54, 1.807) is 11.8 Å². The quantitative estimate of drug-likeness (QED) is 0.355. The molecule has 0 aromatic rings. The smallest absolute Gasteiger partial charge is 0.306 e. The van der Waals surface area contributed by atoms with Gasteiger partial charge in [0.1, 0.15) is 0 Å². The molecule has 0 amide bonds. The first kappa shape index (κ1) is 10.3. The molecule has 0 aliphatic carbocycles. The minimum atomic E-state index is -0.180. The van der Waals surface area contributed by atoms with Crippen molar-refractivity contribution in [1.29, 1.82) is 0 Å². The summed E-state index contributed by atoms with van der Waals surface area (Å²) in [6, 6.07) is 0. The molecule has 0 spiro atoms. The molecule has 3 nitrogen and oxygen atoms in total. The Balaban J connectivity index is 3.03. The molecular formula is C7H11NO2S. The van der Waals surface area contributed by atoms with Crippen LogP contribution in [0.1, 0.15) is 6.42 Å². The van der Waals surface area contributed by atoms with E-state index in [1.807, 2.05) is 0 Å². The van der Waals surface area contributed by atoms with Crippen LogP contribution >= 0.6 is 11.8 Å². The first-order valence-corrected chi connectivity index (χ1v) is 4.44. The molecule has 11 heavy (non-hydrogen) atoms. The second-order valence-electron chi connectivity index (χ2n) is 1.82. The molecule has 0 saturated carbocycles. The third-order valence-corrected chi connectivity index (χ3v) is 1.99. The number of ether oxygens (including phenoxy) is 1. The van der Waals surface area contributed by atoms with Crippen LogP contribution in [0.4, 0.5) is 0 Å². The molecule has 0 fully saturated rings. The van der Waals surface area contributed by atoms with Crippen molar-refractivity contribution >= 4 is 17.7 Å². The van der Waals surface area contributed by atoms with Gasteiger partial charge in [-0.1, -0.05) is 0 Å². The summed E-state index contributed by atoms with van der Waals surface area (Å²) >= 11 is 1.61. The number of rotatable bonds is 5. The summed E-state index contributed by atoms with van der Waals surface area (Å²) in [5.74, 6) is 1.38. The maximum Gasteiger partial charge on any atom is 0.306 e. The fourth-order valence-electron chi connectivity index (χ4n) is 0.470. The van der Waals surface area contributed by atoms with E-state index >= 15 is 0 Å². The zero-order valence-corrected chi connectivity index (χ0v) is 7.32. The highest BCUT2D eigenvalue weighted by molar-refractivity contribution is 7.99. The molecule has 0 aliphatic rings. The van der Waals surface area contributed by atoms with Gasteiger partial charge in [-0.25, -0.2) is 6.57 Å². The van der Waals surface area contributed by atoms with E-state index in [4.69, 9.17) is 6.57 Å². The monoisotopic (exact) mass is 173 g/mol. The van der Waals surface area contributed by atoms with Gasteiger partial charge in [0.05, 0.1) is 19.3 Å². The first-order chi connectivity index (χ1) is 5.31. The number of nitrogens with zero attached hydrogens (tertiary/aromatic N) is 1. The second kappa shape index (κ2) is 7.42. The third kappa shape index (κ3) is 7.20. The van der Waals surface area contributed by atoms with Crippen LogP contribution in [0.5, 0.6) is 0 Å². The van der Waals surface area contributed by atoms with Gasteiger partial charge in [0, 0.05) is 5.75 Å². The topological polar surface area (TPSA) is 30.7 Å². The lowest BCUT2D eigenvalue weighted by Gasteiger charge is -1.96. The Labute approximate surface area is 70.9 Å². The van der Waals surface area contributed by atoms with Crippen molar-refractivity contribution in [2.75, 3.05) is 25.2 Å². The Morgan fingerprint density at radius 1 is 1.64 bits per heavy atom. The highest BCUT2D eigenvalue weighted by Gasteiger charge is 1.98. The van der Waals surface area contributed by atoms with Gasteiger partial charge in [-0.15, -0.1) is 0 Å². The number of methoxy groups -OCH3 is 1. The zero-order valence-electron chi connectivity index (χ0n) is 6.50. The van der Waals surface area contributed by atoms with E-state index in [1.165, 1.54) is 7.11 Å². The maximum absolute atomic E-state index is 10.5. The molecule has 0 aromatic carbocycles. The maximum atomic E-state index is 10.5. The minimum Gasteiger partial charge on any atom is -0.469 e. The Morgan fingerprint density at radius 2 is 2.36 bits per heavy atom. The van der Waals surface area contributed by atoms with Crippen molar-refractivity contribution in [2.45, 2.75) is 6.42 Å². The fourth-order valence-corrected chi connectivity index (χ4v) is 1.21. The van der Waals surface area contributed by atoms with Gasteiger partial charge in [0.15, 0.2) is 0 Å². The highest BCUT2D eigenvalue weighted by Crippen LogP contribution is 2.02. The highest BCUT2D eigenvalue weighted by atomic mass is 32.2. The molecule has 0 aromatic heterocycles. The molecule has 0 N–H and O–H groups in total. The third-order valence-electron chi connectivity index (χ3n) is 1.03. The predicted octanol–water partition coefficient (Wildman–Crippen LogP) is 1.20. The lowest BCUT2D eigenvalue weighted by Crippen LogP contribution is -2.01. The molecule has 0 heterocycles. The lowest BCUT2D eigenvalue weighted by molar-refractivity contribution is -0.140. The average molecular weight is 173 g/mol. The first-order valence-electron chi connectivity index (χ1n) is 3.29. The van der Waals surface area contributed by atoms with Gasteiger partial charge in [0.25, 0.3) is 0 Å². The number of hydrogen-bond acceptors (Lipinski definition) is 3. The molecule has 0 bridgehead atoms. The van der Waals surface area contributed by atoms with Crippen LogP contribution in [0.25, 0.3) is 4.85 Å². The number of carbonyl (C=O) groups is 1. The van der Waals surface area contributed by atoms with Crippen LogP contribution in [0, 0.1) is 6.57 Å². The van der Waals surface area contributed by atoms with Crippen molar-refractivity contribution < 1.29 is 9.53 Å². The Bertz CT molecular complexity index is 153. The Hall–Kier alpha value is -0.690. The summed E-state index contributed by atoms with van der Waals surface area (Å²) in [5, 5.41) is 0. The van der Waals surface area contributed by atoms with Gasteiger partial charge in [-0.3, -0.25) is 4.79 Å². The molecular weight excluding hydrogens is 162 g/mol. The average Bonchev–Trinajstić information content (AvgIpc) is 2.04. The van der Waals surface area contributed by atoms with Gasteiger partial charge in [-0.05, 0) is 0 Å². The normalized spacial score (nSPS) is 8.73. The molecule has 0 saturated heterocycles. The summed E-state index contributed by atoms with van der Waals surface area (Å²) in [7, 11) is 1.38. The van der Waals surface area contributed by atoms with Crippen LogP contribution in [0.15, 0.2) is 0 Å². The minimum absolute atomic E-state index is 0.180. The van der Waals surface area contributed by atoms with E-state index in [-0.39, 0.29) is 5.97 Å². The van der Waals surface area contributed by atoms with Crippen LogP contribution in [-0.4, -0.2) is 31.1 Å². The van der Waals surface area contributed by atoms with Gasteiger partial charge in [0.2, 0.25) is 6.54 Å². The predicted molar refractivity (Wildman–Crippen MR) is 45.4 cm³/mol. The molecule has 0 unspecified atom stereocenters. The molecule has 62 valence electrons. The molecule has 0 rings (SSSR count). The number of esters is 1. The molecule has 0 aliphatic heterocycles. The van der Waals surface area contributed by atoms with Crippen molar-refractivity contribution in [3.63, 3.8) is 0 Å². The summed E-state index contributed by atoms with van der Waals surface area (Å²) in [6.45, 7) is 7.01. The fraction of sp³-hybridized carbons (Fsp3) is 0.714. The summed E-state index contributed by atoms with van der Waals surface area (Å²) in [6.07, 6.45) is 0.444. The van der Waals surface area contributed by atoms with Gasteiger partial charge >= 0.3 is 5.97 Å². The zero-order chi connectivity index (χ0) is 8.53. The van der Waals surface area contributed by atoms with Gasteiger partial charge < -0.3 is 9.58 Å². The van der Waals surface area contributed by atoms with E-state index < -0.39 is 0 Å². The Kier molecular flexibility index (Phi) is 6.95. The standard InChI is InChI=1S/C7H11NO2S/c1-8-4-6-11-5-3-7(9)10-2/h3-6H2,2H3. The van der Waals surface area contributed by atoms with Crippen molar-refractivity contribution in [3.05, 3.63) is 11.4 Å². The van der Waals surface area contributed by atoms with Crippen molar-refractivity contribution in [3.8, 4) is 0 Å². The number of thioether (sulfide) groups is 1. The SMILES string of the molecule is [C-]#[N+]CCSCCC(=O)OC. The lowest BCUT2D eigenvalue weighted by atomic mass is 10.5. The van der Waals surface area contributed by atoms with Crippen LogP contribution < -0.4 is 0 Å². The Morgan fingerprint density at radius 3 is 2.91 bits per heavy atom. The van der Waals surface area contributed by atoms with Gasteiger partial charge in [-0.2, -0.15) is 11.8 Å². The molecule has 0 radical (unpaired) electrons. The molecule has 0 atom stereocenters. The van der Waals surface area contributed by atoms with Crippen LogP contribution in [-0.2, 0) is 9.53 Å². The van der Waals surface area contributed by atoms with Crippen molar-refractivity contribution in [1.82, 2.24) is 0 Å². The van der Waals surface area contributed by atoms with Crippen LogP contribution in [0.2, 0.25) is 0 Å². The number of carbonyl (C=O) groups excluding carboxylic acids is 1. The van der Waals surface area contributed by atoms with Crippen LogP contribution in [0.3, 0.4) is 0 Å². The number of hydrogen-bond donors (Lipinski definition) is 0. The van der Waals surface area contributed by atoms with E-state index in [0.717, 1.165) is 11.5 Å². The summed E-state index contributed by atoms with van der Waals surface area (Å²) in [4.78, 5) is 13.7. The molecule has 4 heteroatoms. The van der Waals surface area contributed by atoms with E-state index in [0.29, 0.717) is 13.0 Å². The summed E-state index contributed by atoms with van der Waals surface area (Å²) in [5.41, 5.74) is 0. The largest absolute Gasteiger partial charge is 0.469 e. The second-order valence-corrected chi connectivity index (χ2v) is 3.04. The van der Waals surface area contributed by atoms with E-state index in [9.17, 15) is 4.79 Å². The summed E-state index contributed by atoms with van der Waals surface area (Å²) < 4.78 is 4.44. The van der Waals surface area contributed by atoms with E-state index in [2.05, 4.69) is 9.58 Å².